The second-order valence-corrected chi connectivity index (χ2v) is 10.5. The minimum Gasteiger partial charge on any atom is -0.488 e. The van der Waals surface area contributed by atoms with Crippen molar-refractivity contribution in [2.24, 2.45) is 5.92 Å². The van der Waals surface area contributed by atoms with Crippen LogP contribution in [-0.2, 0) is 16.0 Å². The number of fused-ring (bicyclic) bond motifs is 4. The number of benzene rings is 3. The van der Waals surface area contributed by atoms with Crippen LogP contribution in [0.15, 0.2) is 60.7 Å². The number of nitrogens with one attached hydrogen (secondary N) is 1. The first-order valence-electron chi connectivity index (χ1n) is 12.3. The molecule has 1 saturated carbocycles. The van der Waals surface area contributed by atoms with Crippen molar-refractivity contribution >= 4 is 16.7 Å². The molecular weight excluding hydrogens is 442 g/mol. The van der Waals surface area contributed by atoms with Gasteiger partial charge in [0.1, 0.15) is 17.8 Å². The first kappa shape index (κ1) is 23.8. The van der Waals surface area contributed by atoms with E-state index in [-0.39, 0.29) is 30.3 Å². The molecule has 0 aromatic heterocycles. The summed E-state index contributed by atoms with van der Waals surface area (Å²) in [5.41, 5.74) is 2.91. The summed E-state index contributed by atoms with van der Waals surface area (Å²) in [6, 6.07) is 20.7. The average molecular weight is 476 g/mol. The molecular formula is C29H33NO5. The Bertz CT molecular complexity index is 1240. The summed E-state index contributed by atoms with van der Waals surface area (Å²) < 4.78 is 11.9. The maximum absolute atomic E-state index is 11.3. The summed E-state index contributed by atoms with van der Waals surface area (Å²) in [7, 11) is 0. The number of aliphatic hydroxyl groups is 1. The van der Waals surface area contributed by atoms with Crippen LogP contribution in [0.5, 0.6) is 5.75 Å². The monoisotopic (exact) mass is 475 g/mol. The molecule has 1 aliphatic heterocycles. The van der Waals surface area contributed by atoms with Crippen molar-refractivity contribution in [3.63, 3.8) is 0 Å². The summed E-state index contributed by atoms with van der Waals surface area (Å²) in [5.74, 6) is -0.565. The number of carbonyl (C=O) groups is 1. The van der Waals surface area contributed by atoms with E-state index < -0.39 is 18.0 Å². The Labute approximate surface area is 205 Å². The van der Waals surface area contributed by atoms with Crippen molar-refractivity contribution < 1.29 is 24.5 Å². The van der Waals surface area contributed by atoms with Crippen molar-refractivity contribution in [2.75, 3.05) is 13.2 Å². The standard InChI is InChI=1S/C29H33NO5/c1-17(22-9-6-10-23-24-25(28(32)33)27(24)35-26(22)23)34-16-21(31)15-30-29(2,3)14-18-11-12-19-7-4-5-8-20(19)13-18/h4-13,17,21,24-25,27,30-31H,14-16H2,1-3H3,(H,32,33)/t17-,21?,24-,25-,27-/m1/s1. The van der Waals surface area contributed by atoms with E-state index in [1.807, 2.05) is 31.2 Å². The van der Waals surface area contributed by atoms with Gasteiger partial charge in [-0.2, -0.15) is 0 Å². The normalized spacial score (nSPS) is 22.2. The number of para-hydroxylation sites is 1. The number of β-amino-alcohol motifs (C(OH)–C–C–N with tert-alkyl or cyclic N) is 1. The van der Waals surface area contributed by atoms with Gasteiger partial charge in [0.2, 0.25) is 0 Å². The Morgan fingerprint density at radius 2 is 1.89 bits per heavy atom. The predicted octanol–water partition coefficient (Wildman–Crippen LogP) is 4.45. The van der Waals surface area contributed by atoms with Crippen molar-refractivity contribution in [1.82, 2.24) is 5.32 Å². The molecule has 2 aliphatic rings. The van der Waals surface area contributed by atoms with Gasteiger partial charge >= 0.3 is 5.97 Å². The van der Waals surface area contributed by atoms with E-state index in [1.165, 1.54) is 16.3 Å². The average Bonchev–Trinajstić information content (AvgIpc) is 3.43. The lowest BCUT2D eigenvalue weighted by atomic mass is 9.93. The summed E-state index contributed by atoms with van der Waals surface area (Å²) in [5, 5.41) is 25.8. The van der Waals surface area contributed by atoms with E-state index in [4.69, 9.17) is 9.47 Å². The van der Waals surface area contributed by atoms with E-state index in [0.717, 1.165) is 23.3 Å². The lowest BCUT2D eigenvalue weighted by molar-refractivity contribution is -0.139. The molecule has 1 aliphatic carbocycles. The molecule has 0 bridgehead atoms. The van der Waals surface area contributed by atoms with Gasteiger partial charge in [0.15, 0.2) is 0 Å². The third-order valence-corrected chi connectivity index (χ3v) is 7.18. The van der Waals surface area contributed by atoms with Crippen LogP contribution in [0.3, 0.4) is 0 Å². The van der Waals surface area contributed by atoms with Crippen molar-refractivity contribution in [3.05, 3.63) is 77.4 Å². The highest BCUT2D eigenvalue weighted by Gasteiger charge is 2.63. The van der Waals surface area contributed by atoms with Crippen LogP contribution in [0.25, 0.3) is 10.8 Å². The molecule has 0 radical (unpaired) electrons. The fraction of sp³-hybridized carbons (Fsp3) is 0.414. The van der Waals surface area contributed by atoms with Crippen molar-refractivity contribution in [1.29, 1.82) is 0 Å². The van der Waals surface area contributed by atoms with Gasteiger partial charge in [0, 0.05) is 29.1 Å². The van der Waals surface area contributed by atoms with Gasteiger partial charge in [-0.3, -0.25) is 4.79 Å². The van der Waals surface area contributed by atoms with Crippen molar-refractivity contribution in [2.45, 2.75) is 57.0 Å². The molecule has 5 atom stereocenters. The number of ether oxygens (including phenoxy) is 2. The topological polar surface area (TPSA) is 88.0 Å². The zero-order valence-corrected chi connectivity index (χ0v) is 20.4. The lowest BCUT2D eigenvalue weighted by Gasteiger charge is -2.28. The Balaban J connectivity index is 1.12. The number of carboxylic acids is 1. The molecule has 3 N–H and O–H groups in total. The van der Waals surface area contributed by atoms with Crippen LogP contribution >= 0.6 is 0 Å². The summed E-state index contributed by atoms with van der Waals surface area (Å²) in [6.45, 7) is 6.81. The second kappa shape index (κ2) is 9.26. The SMILES string of the molecule is C[C@@H](OCC(O)CNC(C)(C)Cc1ccc2ccccc2c1)c1cccc2c1O[C@H]1[C@H](C(=O)O)[C@@H]21. The molecule has 3 aromatic carbocycles. The van der Waals surface area contributed by atoms with Crippen LogP contribution in [0.2, 0.25) is 0 Å². The first-order valence-corrected chi connectivity index (χ1v) is 12.3. The number of carboxylic acid groups (broad SMARTS) is 1. The van der Waals surface area contributed by atoms with Gasteiger partial charge in [-0.25, -0.2) is 0 Å². The quantitative estimate of drug-likeness (QED) is 0.402. The Kier molecular flexibility index (Phi) is 6.30. The Morgan fingerprint density at radius 1 is 1.11 bits per heavy atom. The van der Waals surface area contributed by atoms with Gasteiger partial charge < -0.3 is 25.0 Å². The molecule has 35 heavy (non-hydrogen) atoms. The van der Waals surface area contributed by atoms with E-state index in [1.54, 1.807) is 0 Å². The number of hydrogen-bond acceptors (Lipinski definition) is 5. The van der Waals surface area contributed by atoms with Gasteiger partial charge in [0.25, 0.3) is 0 Å². The molecule has 0 spiro atoms. The third-order valence-electron chi connectivity index (χ3n) is 7.18. The predicted molar refractivity (Wildman–Crippen MR) is 135 cm³/mol. The second-order valence-electron chi connectivity index (χ2n) is 10.5. The molecule has 1 unspecified atom stereocenters. The molecule has 3 aromatic rings. The summed E-state index contributed by atoms with van der Waals surface area (Å²) >= 11 is 0. The van der Waals surface area contributed by atoms with E-state index in [9.17, 15) is 15.0 Å². The van der Waals surface area contributed by atoms with Crippen LogP contribution in [-0.4, -0.2) is 47.1 Å². The number of aliphatic carboxylic acids is 1. The highest BCUT2D eigenvalue weighted by Crippen LogP contribution is 2.59. The van der Waals surface area contributed by atoms with Crippen molar-refractivity contribution in [3.8, 4) is 5.75 Å². The molecule has 5 rings (SSSR count). The largest absolute Gasteiger partial charge is 0.488 e. The molecule has 1 fully saturated rings. The number of rotatable bonds is 10. The maximum Gasteiger partial charge on any atom is 0.311 e. The number of aliphatic hydroxyl groups excluding tert-OH is 1. The van der Waals surface area contributed by atoms with Gasteiger partial charge in [0.05, 0.1) is 18.8 Å². The maximum atomic E-state index is 11.3. The van der Waals surface area contributed by atoms with Crippen LogP contribution in [0, 0.1) is 5.92 Å². The van der Waals surface area contributed by atoms with Crippen LogP contribution in [0.1, 0.15) is 49.5 Å². The van der Waals surface area contributed by atoms with Gasteiger partial charge in [-0.05, 0) is 43.5 Å². The fourth-order valence-electron chi connectivity index (χ4n) is 5.24. The third kappa shape index (κ3) is 4.92. The Hall–Kier alpha value is -2.93. The fourth-order valence-corrected chi connectivity index (χ4v) is 5.24. The zero-order valence-electron chi connectivity index (χ0n) is 20.4. The number of hydrogen-bond donors (Lipinski definition) is 3. The Morgan fingerprint density at radius 3 is 2.66 bits per heavy atom. The van der Waals surface area contributed by atoms with E-state index in [0.29, 0.717) is 6.54 Å². The molecule has 184 valence electrons. The summed E-state index contributed by atoms with van der Waals surface area (Å²) in [6.07, 6.45) is -0.355. The summed E-state index contributed by atoms with van der Waals surface area (Å²) in [4.78, 5) is 11.3. The van der Waals surface area contributed by atoms with E-state index in [2.05, 4.69) is 55.6 Å². The molecule has 0 saturated heterocycles. The zero-order chi connectivity index (χ0) is 24.7. The molecule has 6 nitrogen and oxygen atoms in total. The molecule has 0 amide bonds. The minimum absolute atomic E-state index is 0.0609. The van der Waals surface area contributed by atoms with Gasteiger partial charge in [-0.15, -0.1) is 0 Å². The first-order chi connectivity index (χ1) is 16.7. The van der Waals surface area contributed by atoms with Gasteiger partial charge in [-0.1, -0.05) is 60.7 Å². The lowest BCUT2D eigenvalue weighted by Crippen LogP contribution is -2.46. The molecule has 6 heteroatoms. The van der Waals surface area contributed by atoms with E-state index >= 15 is 0 Å². The molecule has 1 heterocycles. The van der Waals surface area contributed by atoms with Crippen LogP contribution in [0.4, 0.5) is 0 Å². The van der Waals surface area contributed by atoms with Crippen LogP contribution < -0.4 is 10.1 Å². The highest BCUT2D eigenvalue weighted by atomic mass is 16.5. The minimum atomic E-state index is -0.806. The highest BCUT2D eigenvalue weighted by molar-refractivity contribution is 5.83. The smallest absolute Gasteiger partial charge is 0.311 e.